The van der Waals surface area contributed by atoms with Crippen LogP contribution < -0.4 is 20.7 Å². The average Bonchev–Trinajstić information content (AvgIpc) is 2.59. The van der Waals surface area contributed by atoms with Crippen molar-refractivity contribution in [1.29, 1.82) is 0 Å². The third-order valence-electron chi connectivity index (χ3n) is 3.26. The molecule has 0 aliphatic rings. The summed E-state index contributed by atoms with van der Waals surface area (Å²) in [5.41, 5.74) is 0.535. The van der Waals surface area contributed by atoms with Crippen LogP contribution in [0.5, 0.6) is 5.75 Å². The standard InChI is InChI=1S/C16H21F3N4O4/c1-3-23(9-14(25)22-15(26)20-10-16(17,18)19)8-13(24)21-11-4-6-12(27-2)7-5-11/h4-7H,3,8-10H2,1-2H3,(H,21,24)(H2,20,22,25,26). The Morgan fingerprint density at radius 3 is 2.19 bits per heavy atom. The molecule has 1 rings (SSSR count). The average molecular weight is 390 g/mol. The van der Waals surface area contributed by atoms with Crippen LogP contribution >= 0.6 is 0 Å². The molecule has 8 nitrogen and oxygen atoms in total. The smallest absolute Gasteiger partial charge is 0.405 e. The molecule has 0 radical (unpaired) electrons. The lowest BCUT2D eigenvalue weighted by atomic mass is 10.3. The monoisotopic (exact) mass is 390 g/mol. The van der Waals surface area contributed by atoms with Gasteiger partial charge in [-0.25, -0.2) is 4.79 Å². The van der Waals surface area contributed by atoms with Crippen LogP contribution in [0, 0.1) is 0 Å². The fraction of sp³-hybridized carbons (Fsp3) is 0.438. The predicted molar refractivity (Wildman–Crippen MR) is 91.3 cm³/mol. The second-order valence-corrected chi connectivity index (χ2v) is 5.43. The first-order valence-corrected chi connectivity index (χ1v) is 7.93. The first-order valence-electron chi connectivity index (χ1n) is 7.93. The van der Waals surface area contributed by atoms with E-state index in [1.54, 1.807) is 36.5 Å². The number of hydrogen-bond donors (Lipinski definition) is 3. The van der Waals surface area contributed by atoms with Crippen molar-refractivity contribution in [2.75, 3.05) is 38.6 Å². The van der Waals surface area contributed by atoms with Crippen LogP contribution in [-0.2, 0) is 9.59 Å². The van der Waals surface area contributed by atoms with Crippen molar-refractivity contribution in [3.05, 3.63) is 24.3 Å². The van der Waals surface area contributed by atoms with E-state index in [2.05, 4.69) is 5.32 Å². The summed E-state index contributed by atoms with van der Waals surface area (Å²) in [7, 11) is 1.52. The molecule has 11 heteroatoms. The molecule has 0 aliphatic heterocycles. The van der Waals surface area contributed by atoms with Crippen LogP contribution in [0.15, 0.2) is 24.3 Å². The highest BCUT2D eigenvalue weighted by molar-refractivity contribution is 5.96. The van der Waals surface area contributed by atoms with E-state index in [9.17, 15) is 27.6 Å². The maximum Gasteiger partial charge on any atom is 0.405 e. The number of methoxy groups -OCH3 is 1. The van der Waals surface area contributed by atoms with Gasteiger partial charge >= 0.3 is 12.2 Å². The van der Waals surface area contributed by atoms with Gasteiger partial charge in [-0.05, 0) is 30.8 Å². The zero-order valence-corrected chi connectivity index (χ0v) is 14.9. The van der Waals surface area contributed by atoms with Crippen LogP contribution in [0.2, 0.25) is 0 Å². The largest absolute Gasteiger partial charge is 0.497 e. The van der Waals surface area contributed by atoms with Gasteiger partial charge in [-0.3, -0.25) is 19.8 Å². The maximum atomic E-state index is 12.0. The zero-order chi connectivity index (χ0) is 20.4. The van der Waals surface area contributed by atoms with E-state index in [1.807, 2.05) is 0 Å². The fourth-order valence-corrected chi connectivity index (χ4v) is 1.95. The predicted octanol–water partition coefficient (Wildman–Crippen LogP) is 1.34. The Bertz CT molecular complexity index is 650. The number of benzene rings is 1. The maximum absolute atomic E-state index is 12.0. The number of alkyl halides is 3. The molecular weight excluding hydrogens is 369 g/mol. The van der Waals surface area contributed by atoms with Gasteiger partial charge < -0.3 is 15.4 Å². The van der Waals surface area contributed by atoms with E-state index in [4.69, 9.17) is 4.74 Å². The Morgan fingerprint density at radius 1 is 1.07 bits per heavy atom. The SMILES string of the molecule is CCN(CC(=O)NC(=O)NCC(F)(F)F)CC(=O)Nc1ccc(OC)cc1. The number of carbonyl (C=O) groups excluding carboxylic acids is 3. The normalized spacial score (nSPS) is 11.0. The third-order valence-corrected chi connectivity index (χ3v) is 3.26. The lowest BCUT2D eigenvalue weighted by Gasteiger charge is -2.19. The van der Waals surface area contributed by atoms with Gasteiger partial charge in [0.15, 0.2) is 0 Å². The van der Waals surface area contributed by atoms with E-state index < -0.39 is 30.6 Å². The van der Waals surface area contributed by atoms with Crippen molar-refractivity contribution in [3.8, 4) is 5.75 Å². The molecule has 150 valence electrons. The number of rotatable bonds is 8. The summed E-state index contributed by atoms with van der Waals surface area (Å²) in [5.74, 6) is -0.589. The number of halogens is 3. The number of imide groups is 1. The highest BCUT2D eigenvalue weighted by atomic mass is 19.4. The molecule has 0 saturated carbocycles. The Labute approximate surface area is 154 Å². The number of ether oxygens (including phenoxy) is 1. The Kier molecular flexibility index (Phi) is 8.52. The van der Waals surface area contributed by atoms with Crippen molar-refractivity contribution in [2.24, 2.45) is 0 Å². The molecule has 1 aromatic carbocycles. The minimum absolute atomic E-state index is 0.139. The lowest BCUT2D eigenvalue weighted by molar-refractivity contribution is -0.125. The summed E-state index contributed by atoms with van der Waals surface area (Å²) in [4.78, 5) is 36.4. The van der Waals surface area contributed by atoms with Crippen molar-refractivity contribution >= 4 is 23.5 Å². The quantitative estimate of drug-likeness (QED) is 0.622. The van der Waals surface area contributed by atoms with Gasteiger partial charge in [0.05, 0.1) is 20.2 Å². The number of nitrogens with zero attached hydrogens (tertiary/aromatic N) is 1. The van der Waals surface area contributed by atoms with Gasteiger partial charge in [-0.2, -0.15) is 13.2 Å². The van der Waals surface area contributed by atoms with Gasteiger partial charge in [0, 0.05) is 5.69 Å². The van der Waals surface area contributed by atoms with E-state index in [1.165, 1.54) is 17.3 Å². The third kappa shape index (κ3) is 9.45. The van der Waals surface area contributed by atoms with Crippen molar-refractivity contribution in [3.63, 3.8) is 0 Å². The first-order chi connectivity index (χ1) is 12.6. The highest BCUT2D eigenvalue weighted by Crippen LogP contribution is 2.15. The molecule has 3 N–H and O–H groups in total. The minimum Gasteiger partial charge on any atom is -0.497 e. The van der Waals surface area contributed by atoms with E-state index in [0.717, 1.165) is 0 Å². The van der Waals surface area contributed by atoms with Crippen LogP contribution in [-0.4, -0.2) is 62.2 Å². The van der Waals surface area contributed by atoms with E-state index in [-0.39, 0.29) is 13.1 Å². The molecule has 0 aromatic heterocycles. The van der Waals surface area contributed by atoms with Gasteiger partial charge in [-0.15, -0.1) is 0 Å². The van der Waals surface area contributed by atoms with Gasteiger partial charge in [-0.1, -0.05) is 6.92 Å². The molecule has 1 aromatic rings. The van der Waals surface area contributed by atoms with Crippen LogP contribution in [0.1, 0.15) is 6.92 Å². The minimum atomic E-state index is -4.57. The molecule has 27 heavy (non-hydrogen) atoms. The van der Waals surface area contributed by atoms with Gasteiger partial charge in [0.2, 0.25) is 11.8 Å². The molecule has 0 spiro atoms. The first kappa shape index (κ1) is 22.2. The molecule has 0 aliphatic carbocycles. The highest BCUT2D eigenvalue weighted by Gasteiger charge is 2.28. The van der Waals surface area contributed by atoms with Crippen LogP contribution in [0.25, 0.3) is 0 Å². The topological polar surface area (TPSA) is 99.8 Å². The lowest BCUT2D eigenvalue weighted by Crippen LogP contribution is -2.47. The van der Waals surface area contributed by atoms with Crippen molar-refractivity contribution in [2.45, 2.75) is 13.1 Å². The number of likely N-dealkylation sites (N-methyl/N-ethyl adjacent to an activating group) is 1. The van der Waals surface area contributed by atoms with Crippen molar-refractivity contribution in [1.82, 2.24) is 15.5 Å². The Morgan fingerprint density at radius 2 is 1.67 bits per heavy atom. The second kappa shape index (κ2) is 10.4. The summed E-state index contributed by atoms with van der Waals surface area (Å²) in [5, 5.41) is 5.94. The van der Waals surface area contributed by atoms with Crippen molar-refractivity contribution < 1.29 is 32.3 Å². The summed E-state index contributed by atoms with van der Waals surface area (Å²) in [6.45, 7) is -0.00868. The Hall–Kier alpha value is -2.82. The molecule has 0 bridgehead atoms. The summed E-state index contributed by atoms with van der Waals surface area (Å²) < 4.78 is 41.0. The summed E-state index contributed by atoms with van der Waals surface area (Å²) in [6.07, 6.45) is -4.57. The number of anilines is 1. The molecule has 0 unspecified atom stereocenters. The number of nitrogens with one attached hydrogen (secondary N) is 3. The number of carbonyl (C=O) groups is 3. The molecule has 0 heterocycles. The summed E-state index contributed by atoms with van der Waals surface area (Å²) in [6, 6.07) is 5.37. The fourth-order valence-electron chi connectivity index (χ4n) is 1.95. The number of hydrogen-bond acceptors (Lipinski definition) is 5. The Balaban J connectivity index is 2.44. The molecule has 0 fully saturated rings. The molecular formula is C16H21F3N4O4. The second-order valence-electron chi connectivity index (χ2n) is 5.43. The van der Waals surface area contributed by atoms with Gasteiger partial charge in [0.25, 0.3) is 0 Å². The van der Waals surface area contributed by atoms with Gasteiger partial charge in [0.1, 0.15) is 12.3 Å². The number of amides is 4. The van der Waals surface area contributed by atoms with E-state index >= 15 is 0 Å². The summed E-state index contributed by atoms with van der Waals surface area (Å²) >= 11 is 0. The zero-order valence-electron chi connectivity index (χ0n) is 14.9. The molecule has 4 amide bonds. The molecule has 0 saturated heterocycles. The molecule has 0 atom stereocenters. The van der Waals surface area contributed by atoms with E-state index in [0.29, 0.717) is 18.0 Å². The van der Waals surface area contributed by atoms with Crippen LogP contribution in [0.4, 0.5) is 23.7 Å². The number of urea groups is 1. The van der Waals surface area contributed by atoms with Crippen LogP contribution in [0.3, 0.4) is 0 Å².